The van der Waals surface area contributed by atoms with Gasteiger partial charge in [-0.05, 0) is 48.5 Å². The first kappa shape index (κ1) is 20.5. The zero-order valence-electron chi connectivity index (χ0n) is 17.3. The molecule has 0 saturated heterocycles. The molecule has 0 unspecified atom stereocenters. The molecule has 2 aromatic heterocycles. The van der Waals surface area contributed by atoms with Crippen molar-refractivity contribution in [2.45, 2.75) is 4.90 Å². The molecule has 0 aliphatic heterocycles. The Balaban J connectivity index is 1.66. The summed E-state index contributed by atoms with van der Waals surface area (Å²) in [5.41, 5.74) is 3.38. The van der Waals surface area contributed by atoms with Gasteiger partial charge in [-0.2, -0.15) is 4.98 Å². The minimum Gasteiger partial charge on any atom is -0.345 e. The molecule has 0 aliphatic rings. The lowest BCUT2D eigenvalue weighted by atomic mass is 10.1. The predicted octanol–water partition coefficient (Wildman–Crippen LogP) is 3.25. The van der Waals surface area contributed by atoms with Gasteiger partial charge in [0.15, 0.2) is 15.5 Å². The van der Waals surface area contributed by atoms with Gasteiger partial charge in [0.2, 0.25) is 5.95 Å². The Bertz CT molecular complexity index is 1380. The number of anilines is 2. The second kappa shape index (κ2) is 7.84. The van der Waals surface area contributed by atoms with Gasteiger partial charge >= 0.3 is 0 Å². The van der Waals surface area contributed by atoms with Gasteiger partial charge in [0.25, 0.3) is 5.91 Å². The number of nitrogens with one attached hydrogen (secondary N) is 1. The van der Waals surface area contributed by atoms with Crippen LogP contribution >= 0.6 is 0 Å². The molecular formula is C22H21N5O3S. The van der Waals surface area contributed by atoms with Crippen molar-refractivity contribution in [2.75, 3.05) is 25.7 Å². The lowest BCUT2D eigenvalue weighted by molar-refractivity contribution is 0.0827. The molecule has 0 spiro atoms. The number of hydrogen-bond donors (Lipinski definition) is 1. The summed E-state index contributed by atoms with van der Waals surface area (Å²) in [4.78, 5) is 18.3. The minimum absolute atomic E-state index is 0.0710. The molecule has 2 heterocycles. The molecule has 0 aliphatic carbocycles. The number of benzene rings is 2. The summed E-state index contributed by atoms with van der Waals surface area (Å²) in [5.74, 6) is 0.316. The van der Waals surface area contributed by atoms with E-state index >= 15 is 0 Å². The summed E-state index contributed by atoms with van der Waals surface area (Å²) in [6, 6.07) is 19.3. The van der Waals surface area contributed by atoms with E-state index < -0.39 is 9.84 Å². The summed E-state index contributed by atoms with van der Waals surface area (Å²) < 4.78 is 25.5. The molecule has 4 rings (SSSR count). The Hall–Kier alpha value is -3.72. The van der Waals surface area contributed by atoms with Crippen molar-refractivity contribution < 1.29 is 13.2 Å². The van der Waals surface area contributed by atoms with Gasteiger partial charge in [0.1, 0.15) is 0 Å². The van der Waals surface area contributed by atoms with E-state index in [1.807, 2.05) is 24.3 Å². The first-order valence-electron chi connectivity index (χ1n) is 9.47. The number of amides is 1. The first-order valence-corrected chi connectivity index (χ1v) is 11.4. The molecule has 1 N–H and O–H groups in total. The number of carbonyl (C=O) groups excluding carboxylic acids is 1. The zero-order chi connectivity index (χ0) is 22.2. The van der Waals surface area contributed by atoms with Crippen LogP contribution in [-0.2, 0) is 9.84 Å². The molecular weight excluding hydrogens is 414 g/mol. The van der Waals surface area contributed by atoms with Crippen LogP contribution in [0.25, 0.3) is 16.9 Å². The molecule has 0 radical (unpaired) electrons. The first-order chi connectivity index (χ1) is 14.7. The number of fused-ring (bicyclic) bond motifs is 1. The van der Waals surface area contributed by atoms with Gasteiger partial charge < -0.3 is 10.2 Å². The summed E-state index contributed by atoms with van der Waals surface area (Å²) in [6.45, 7) is 0. The van der Waals surface area contributed by atoms with Crippen LogP contribution in [0.3, 0.4) is 0 Å². The number of sulfone groups is 1. The second-order valence-electron chi connectivity index (χ2n) is 7.32. The SMILES string of the molecule is CN(C)C(=O)c1ccc(Nc2nc3cccc(-c4cccc(S(C)(=O)=O)c4)n3n2)cc1. The lowest BCUT2D eigenvalue weighted by Gasteiger charge is -2.10. The van der Waals surface area contributed by atoms with Crippen molar-refractivity contribution in [3.8, 4) is 11.3 Å². The molecule has 0 fully saturated rings. The van der Waals surface area contributed by atoms with Crippen LogP contribution < -0.4 is 5.32 Å². The number of carbonyl (C=O) groups is 1. The normalized spacial score (nSPS) is 11.5. The fourth-order valence-corrected chi connectivity index (χ4v) is 3.81. The Kier molecular flexibility index (Phi) is 5.20. The fraction of sp³-hybridized carbons (Fsp3) is 0.136. The zero-order valence-corrected chi connectivity index (χ0v) is 18.1. The Labute approximate surface area is 180 Å². The van der Waals surface area contributed by atoms with Crippen LogP contribution in [0, 0.1) is 0 Å². The molecule has 9 heteroatoms. The molecule has 8 nitrogen and oxygen atoms in total. The van der Waals surface area contributed by atoms with E-state index in [9.17, 15) is 13.2 Å². The van der Waals surface area contributed by atoms with Crippen LogP contribution in [-0.4, -0.2) is 54.2 Å². The van der Waals surface area contributed by atoms with Crippen molar-refractivity contribution >= 4 is 33.0 Å². The average Bonchev–Trinajstić information content (AvgIpc) is 3.15. The maximum absolute atomic E-state index is 12.0. The van der Waals surface area contributed by atoms with Crippen molar-refractivity contribution in [3.63, 3.8) is 0 Å². The summed E-state index contributed by atoms with van der Waals surface area (Å²) in [5, 5.41) is 7.67. The predicted molar refractivity (Wildman–Crippen MR) is 119 cm³/mol. The van der Waals surface area contributed by atoms with E-state index in [2.05, 4.69) is 15.4 Å². The van der Waals surface area contributed by atoms with Gasteiger partial charge in [-0.3, -0.25) is 4.79 Å². The minimum atomic E-state index is -3.32. The van der Waals surface area contributed by atoms with Crippen molar-refractivity contribution in [2.24, 2.45) is 0 Å². The third-order valence-corrected chi connectivity index (χ3v) is 5.82. The Morgan fingerprint density at radius 1 is 1.00 bits per heavy atom. The van der Waals surface area contributed by atoms with E-state index in [1.165, 1.54) is 11.2 Å². The largest absolute Gasteiger partial charge is 0.345 e. The number of rotatable bonds is 5. The van der Waals surface area contributed by atoms with Crippen LogP contribution in [0.15, 0.2) is 71.6 Å². The summed E-state index contributed by atoms with van der Waals surface area (Å²) >= 11 is 0. The van der Waals surface area contributed by atoms with E-state index in [1.54, 1.807) is 61.1 Å². The molecule has 158 valence electrons. The van der Waals surface area contributed by atoms with Crippen LogP contribution in [0.1, 0.15) is 10.4 Å². The van der Waals surface area contributed by atoms with Gasteiger partial charge in [-0.1, -0.05) is 18.2 Å². The molecule has 0 bridgehead atoms. The van der Waals surface area contributed by atoms with E-state index in [4.69, 9.17) is 0 Å². The smallest absolute Gasteiger partial charge is 0.253 e. The summed E-state index contributed by atoms with van der Waals surface area (Å²) in [7, 11) is 0.0914. The second-order valence-corrected chi connectivity index (χ2v) is 9.33. The summed E-state index contributed by atoms with van der Waals surface area (Å²) in [6.07, 6.45) is 1.18. The Morgan fingerprint density at radius 2 is 1.71 bits per heavy atom. The average molecular weight is 436 g/mol. The number of hydrogen-bond acceptors (Lipinski definition) is 6. The highest BCUT2D eigenvalue weighted by Crippen LogP contribution is 2.24. The highest BCUT2D eigenvalue weighted by atomic mass is 32.2. The van der Waals surface area contributed by atoms with Gasteiger partial charge in [-0.15, -0.1) is 5.10 Å². The van der Waals surface area contributed by atoms with Crippen molar-refractivity contribution in [3.05, 3.63) is 72.3 Å². The standard InChI is InChI=1S/C22H21N5O3S/c1-26(2)21(28)15-10-12-17(13-11-15)23-22-24-20-9-5-8-19(27(20)25-22)16-6-4-7-18(14-16)31(3,29)30/h4-14H,1-3H3,(H,23,25). The molecule has 1 amide bonds. The van der Waals surface area contributed by atoms with Gasteiger partial charge in [-0.25, -0.2) is 12.9 Å². The molecule has 0 saturated carbocycles. The molecule has 31 heavy (non-hydrogen) atoms. The van der Waals surface area contributed by atoms with Crippen molar-refractivity contribution in [1.29, 1.82) is 0 Å². The molecule has 2 aromatic carbocycles. The fourth-order valence-electron chi connectivity index (χ4n) is 3.15. The van der Waals surface area contributed by atoms with Crippen LogP contribution in [0.2, 0.25) is 0 Å². The Morgan fingerprint density at radius 3 is 2.39 bits per heavy atom. The van der Waals surface area contributed by atoms with E-state index in [0.29, 0.717) is 17.2 Å². The van der Waals surface area contributed by atoms with Crippen molar-refractivity contribution in [1.82, 2.24) is 19.5 Å². The topological polar surface area (TPSA) is 96.7 Å². The third kappa shape index (κ3) is 4.26. The number of aromatic nitrogens is 3. The van der Waals surface area contributed by atoms with Gasteiger partial charge in [0.05, 0.1) is 10.6 Å². The van der Waals surface area contributed by atoms with Gasteiger partial charge in [0, 0.05) is 37.2 Å². The highest BCUT2D eigenvalue weighted by molar-refractivity contribution is 7.90. The number of pyridine rings is 1. The van der Waals surface area contributed by atoms with E-state index in [0.717, 1.165) is 16.9 Å². The van der Waals surface area contributed by atoms with Crippen LogP contribution in [0.5, 0.6) is 0 Å². The maximum atomic E-state index is 12.0. The highest BCUT2D eigenvalue weighted by Gasteiger charge is 2.13. The molecule has 0 atom stereocenters. The van der Waals surface area contributed by atoms with Crippen LogP contribution in [0.4, 0.5) is 11.6 Å². The van der Waals surface area contributed by atoms with E-state index in [-0.39, 0.29) is 10.8 Å². The lowest BCUT2D eigenvalue weighted by Crippen LogP contribution is -2.21. The number of nitrogens with zero attached hydrogens (tertiary/aromatic N) is 4. The molecule has 4 aromatic rings. The maximum Gasteiger partial charge on any atom is 0.253 e. The quantitative estimate of drug-likeness (QED) is 0.517. The third-order valence-electron chi connectivity index (χ3n) is 4.71. The monoisotopic (exact) mass is 435 g/mol.